The number of carbonyl (C=O) groups excluding carboxylic acids is 1. The molecule has 3 aromatic rings. The number of nitrogens with zero attached hydrogens (tertiary/aromatic N) is 6. The first-order valence-corrected chi connectivity index (χ1v) is 9.42. The average Bonchev–Trinajstić information content (AvgIpc) is 3.24. The Kier molecular flexibility index (Phi) is 5.00. The number of fused-ring (bicyclic) bond motifs is 1. The molecule has 3 heterocycles. The molecule has 0 bridgehead atoms. The van der Waals surface area contributed by atoms with Gasteiger partial charge >= 0.3 is 0 Å². The second-order valence-corrected chi connectivity index (χ2v) is 6.91. The first kappa shape index (κ1) is 17.5. The molecule has 0 unspecified atom stereocenters. The van der Waals surface area contributed by atoms with Crippen LogP contribution in [0.4, 0.5) is 0 Å². The fourth-order valence-corrected chi connectivity index (χ4v) is 3.75. The van der Waals surface area contributed by atoms with Crippen LogP contribution in [0, 0.1) is 0 Å². The highest BCUT2D eigenvalue weighted by Gasteiger charge is 2.24. The van der Waals surface area contributed by atoms with E-state index in [0.29, 0.717) is 6.42 Å². The highest BCUT2D eigenvalue weighted by molar-refractivity contribution is 5.76. The average molecular weight is 364 g/mol. The molecule has 140 valence electrons. The second-order valence-electron chi connectivity index (χ2n) is 6.91. The lowest BCUT2D eigenvalue weighted by molar-refractivity contribution is -0.131. The lowest BCUT2D eigenvalue weighted by Crippen LogP contribution is -2.33. The SMILES string of the molecule is Cn1nc(-c2ccccc2)c2c1CCN(C(=O)CCCn1cncn1)CC2. The van der Waals surface area contributed by atoms with E-state index in [1.54, 1.807) is 11.0 Å². The molecule has 1 aromatic carbocycles. The molecular formula is C20H24N6O. The van der Waals surface area contributed by atoms with Gasteiger partial charge in [-0.25, -0.2) is 4.98 Å². The van der Waals surface area contributed by atoms with Crippen molar-refractivity contribution in [2.45, 2.75) is 32.2 Å². The van der Waals surface area contributed by atoms with E-state index in [1.165, 1.54) is 17.6 Å². The van der Waals surface area contributed by atoms with Crippen LogP contribution >= 0.6 is 0 Å². The van der Waals surface area contributed by atoms with Crippen molar-refractivity contribution in [1.29, 1.82) is 0 Å². The van der Waals surface area contributed by atoms with Gasteiger partial charge in [0.1, 0.15) is 12.7 Å². The van der Waals surface area contributed by atoms with Crippen LogP contribution in [0.15, 0.2) is 43.0 Å². The molecule has 1 amide bonds. The van der Waals surface area contributed by atoms with Gasteiger partial charge in [0, 0.05) is 56.3 Å². The summed E-state index contributed by atoms with van der Waals surface area (Å²) in [5.41, 5.74) is 4.71. The smallest absolute Gasteiger partial charge is 0.222 e. The van der Waals surface area contributed by atoms with Crippen molar-refractivity contribution in [3.05, 3.63) is 54.2 Å². The quantitative estimate of drug-likeness (QED) is 0.695. The largest absolute Gasteiger partial charge is 0.342 e. The molecular weight excluding hydrogens is 340 g/mol. The van der Waals surface area contributed by atoms with Gasteiger partial charge in [-0.2, -0.15) is 10.2 Å². The van der Waals surface area contributed by atoms with Crippen molar-refractivity contribution in [3.8, 4) is 11.3 Å². The fraction of sp³-hybridized carbons (Fsp3) is 0.400. The van der Waals surface area contributed by atoms with Crippen LogP contribution in [-0.2, 0) is 31.2 Å². The molecule has 2 aromatic heterocycles. The van der Waals surface area contributed by atoms with Crippen LogP contribution in [0.25, 0.3) is 11.3 Å². The van der Waals surface area contributed by atoms with Crippen molar-refractivity contribution in [2.75, 3.05) is 13.1 Å². The van der Waals surface area contributed by atoms with Crippen LogP contribution in [0.1, 0.15) is 24.1 Å². The van der Waals surface area contributed by atoms with Gasteiger partial charge in [-0.1, -0.05) is 30.3 Å². The Balaban J connectivity index is 1.41. The number of aryl methyl sites for hydroxylation is 2. The summed E-state index contributed by atoms with van der Waals surface area (Å²) >= 11 is 0. The number of aromatic nitrogens is 5. The van der Waals surface area contributed by atoms with Crippen LogP contribution < -0.4 is 0 Å². The summed E-state index contributed by atoms with van der Waals surface area (Å²) in [5.74, 6) is 0.220. The Morgan fingerprint density at radius 2 is 1.96 bits per heavy atom. The summed E-state index contributed by atoms with van der Waals surface area (Å²) in [4.78, 5) is 18.6. The van der Waals surface area contributed by atoms with Gasteiger partial charge in [0.15, 0.2) is 0 Å². The zero-order valence-electron chi connectivity index (χ0n) is 15.6. The number of hydrogen-bond acceptors (Lipinski definition) is 4. The number of carbonyl (C=O) groups is 1. The Labute approximate surface area is 158 Å². The molecule has 0 N–H and O–H groups in total. The van der Waals surface area contributed by atoms with Crippen molar-refractivity contribution in [1.82, 2.24) is 29.4 Å². The van der Waals surface area contributed by atoms with Crippen LogP contribution in [0.5, 0.6) is 0 Å². The summed E-state index contributed by atoms with van der Waals surface area (Å²) in [5, 5.41) is 8.83. The summed E-state index contributed by atoms with van der Waals surface area (Å²) in [6.07, 6.45) is 6.22. The minimum absolute atomic E-state index is 0.220. The van der Waals surface area contributed by atoms with E-state index in [0.717, 1.165) is 50.2 Å². The Morgan fingerprint density at radius 3 is 2.74 bits per heavy atom. The van der Waals surface area contributed by atoms with Gasteiger partial charge < -0.3 is 4.90 Å². The monoisotopic (exact) mass is 364 g/mol. The van der Waals surface area contributed by atoms with Crippen molar-refractivity contribution >= 4 is 5.91 Å². The third kappa shape index (κ3) is 3.77. The molecule has 4 rings (SSSR count). The van der Waals surface area contributed by atoms with E-state index < -0.39 is 0 Å². The van der Waals surface area contributed by atoms with Crippen molar-refractivity contribution in [2.24, 2.45) is 7.05 Å². The zero-order chi connectivity index (χ0) is 18.6. The molecule has 0 spiro atoms. The van der Waals surface area contributed by atoms with Gasteiger partial charge in [-0.05, 0) is 12.8 Å². The molecule has 1 aliphatic heterocycles. The maximum Gasteiger partial charge on any atom is 0.222 e. The van der Waals surface area contributed by atoms with E-state index in [9.17, 15) is 4.79 Å². The summed E-state index contributed by atoms with van der Waals surface area (Å²) in [6, 6.07) is 10.3. The Hall–Kier alpha value is -2.96. The minimum Gasteiger partial charge on any atom is -0.342 e. The minimum atomic E-state index is 0.220. The third-order valence-electron chi connectivity index (χ3n) is 5.17. The van der Waals surface area contributed by atoms with Gasteiger partial charge in [0.25, 0.3) is 0 Å². The number of benzene rings is 1. The van der Waals surface area contributed by atoms with Gasteiger partial charge in [0.2, 0.25) is 5.91 Å². The highest BCUT2D eigenvalue weighted by atomic mass is 16.2. The molecule has 0 atom stereocenters. The topological polar surface area (TPSA) is 68.8 Å². The van der Waals surface area contributed by atoms with Crippen LogP contribution in [0.2, 0.25) is 0 Å². The normalized spacial score (nSPS) is 14.0. The highest BCUT2D eigenvalue weighted by Crippen LogP contribution is 2.28. The molecule has 7 heteroatoms. The van der Waals surface area contributed by atoms with Gasteiger partial charge in [0.05, 0.1) is 5.69 Å². The molecule has 0 saturated heterocycles. The molecule has 0 fully saturated rings. The lowest BCUT2D eigenvalue weighted by atomic mass is 10.0. The summed E-state index contributed by atoms with van der Waals surface area (Å²) in [7, 11) is 2.00. The second kappa shape index (κ2) is 7.73. The summed E-state index contributed by atoms with van der Waals surface area (Å²) in [6.45, 7) is 2.23. The molecule has 0 radical (unpaired) electrons. The molecule has 0 saturated carbocycles. The lowest BCUT2D eigenvalue weighted by Gasteiger charge is -2.20. The Bertz CT molecular complexity index is 900. The number of hydrogen-bond donors (Lipinski definition) is 0. The predicted molar refractivity (Wildman–Crippen MR) is 102 cm³/mol. The van der Waals surface area contributed by atoms with E-state index in [-0.39, 0.29) is 5.91 Å². The first-order valence-electron chi connectivity index (χ1n) is 9.42. The maximum absolute atomic E-state index is 12.7. The van der Waals surface area contributed by atoms with Crippen LogP contribution in [-0.4, -0.2) is 48.4 Å². The van der Waals surface area contributed by atoms with Crippen molar-refractivity contribution in [3.63, 3.8) is 0 Å². The van der Waals surface area contributed by atoms with Crippen LogP contribution in [0.3, 0.4) is 0 Å². The molecule has 1 aliphatic rings. The van der Waals surface area contributed by atoms with E-state index in [1.807, 2.05) is 34.8 Å². The number of rotatable bonds is 5. The zero-order valence-corrected chi connectivity index (χ0v) is 15.6. The first-order chi connectivity index (χ1) is 13.2. The fourth-order valence-electron chi connectivity index (χ4n) is 3.75. The molecule has 27 heavy (non-hydrogen) atoms. The number of amides is 1. The van der Waals surface area contributed by atoms with E-state index in [4.69, 9.17) is 5.10 Å². The van der Waals surface area contributed by atoms with Gasteiger partial charge in [-0.3, -0.25) is 14.2 Å². The van der Waals surface area contributed by atoms with Gasteiger partial charge in [-0.15, -0.1) is 0 Å². The predicted octanol–water partition coefficient (Wildman–Crippen LogP) is 2.09. The Morgan fingerprint density at radius 1 is 1.15 bits per heavy atom. The third-order valence-corrected chi connectivity index (χ3v) is 5.17. The molecule has 0 aliphatic carbocycles. The molecule has 7 nitrogen and oxygen atoms in total. The van der Waals surface area contributed by atoms with E-state index in [2.05, 4.69) is 22.2 Å². The standard InChI is InChI=1S/C20H24N6O/c1-24-18-10-13-25(19(27)8-5-11-26-15-21-14-22-26)12-9-17(18)20(23-24)16-6-3-2-4-7-16/h2-4,6-7,14-15H,5,8-13H2,1H3. The summed E-state index contributed by atoms with van der Waals surface area (Å²) < 4.78 is 3.75. The van der Waals surface area contributed by atoms with E-state index >= 15 is 0 Å². The van der Waals surface area contributed by atoms with Crippen molar-refractivity contribution < 1.29 is 4.79 Å². The maximum atomic E-state index is 12.7.